The molecule has 69 heavy (non-hydrogen) atoms. The molecule has 0 fully saturated rings. The smallest absolute Gasteiger partial charge is 0.257 e. The topological polar surface area (TPSA) is 67.7 Å². The van der Waals surface area contributed by atoms with E-state index in [0.717, 1.165) is 44.8 Å². The number of aromatic hydroxyl groups is 1. The zero-order valence-corrected chi connectivity index (χ0v) is 42.9. The molecule has 1 aliphatic heterocycles. The van der Waals surface area contributed by atoms with Crippen LogP contribution in [0.5, 0.6) is 5.75 Å². The summed E-state index contributed by atoms with van der Waals surface area (Å²) in [5, 5.41) is 16.7. The fourth-order valence-electron chi connectivity index (χ4n) is 10.5. The minimum atomic E-state index is -2.87. The van der Waals surface area contributed by atoms with Crippen molar-refractivity contribution in [3.8, 4) is 56.5 Å². The summed E-state index contributed by atoms with van der Waals surface area (Å²) in [6.07, 6.45) is 1.94. The van der Waals surface area contributed by atoms with Crippen LogP contribution < -0.4 is 25.3 Å². The number of imidazole rings is 1. The Bertz CT molecular complexity index is 3400. The molecule has 0 saturated carbocycles. The Kier molecular flexibility index (Phi) is 12.0. The molecule has 0 amide bonds. The number of pyridine rings is 1. The number of hydrogen-bond acceptors (Lipinski definition) is 4. The molecule has 0 radical (unpaired) electrons. The van der Waals surface area contributed by atoms with Gasteiger partial charge in [0.2, 0.25) is 5.82 Å². The number of benzene rings is 7. The summed E-state index contributed by atoms with van der Waals surface area (Å²) < 4.78 is 4.78. The molecule has 1 N–H and O–H groups in total. The summed E-state index contributed by atoms with van der Waals surface area (Å²) in [5.74, 6) is 2.22. The molecule has 0 spiro atoms. The molecule has 6 nitrogen and oxygen atoms in total. The van der Waals surface area contributed by atoms with Gasteiger partial charge in [0.1, 0.15) is 29.5 Å². The van der Waals surface area contributed by atoms with Crippen LogP contribution in [0.1, 0.15) is 70.5 Å². The van der Waals surface area contributed by atoms with E-state index in [2.05, 4.69) is 221 Å². The minimum Gasteiger partial charge on any atom is -0.507 e. The fraction of sp³-hybridized carbons (Fsp3) is 0.148. The normalized spacial score (nSPS) is 13.3. The second kappa shape index (κ2) is 18.1. The quantitative estimate of drug-likeness (QED) is 0.0677. The average Bonchev–Trinajstić information content (AvgIpc) is 3.77. The molecule has 1 atom stereocenters. The van der Waals surface area contributed by atoms with Crippen molar-refractivity contribution >= 4 is 40.0 Å². The number of rotatable bonds is 9. The Labute approximate surface area is 420 Å². The van der Waals surface area contributed by atoms with Crippen LogP contribution >= 0.6 is 0 Å². The van der Waals surface area contributed by atoms with Gasteiger partial charge in [-0.3, -0.25) is 4.98 Å². The number of aromatic nitrogens is 5. The Morgan fingerprint density at radius 3 is 1.81 bits per heavy atom. The molecule has 4 heterocycles. The molecular weight excluding hydrogens is 1040 g/mol. The van der Waals surface area contributed by atoms with Crippen molar-refractivity contribution in [2.45, 2.75) is 58.9 Å². The van der Waals surface area contributed by atoms with E-state index in [1.807, 2.05) is 30.5 Å². The van der Waals surface area contributed by atoms with Crippen molar-refractivity contribution in [2.24, 2.45) is 0 Å². The first-order chi connectivity index (χ1) is 33.0. The Balaban J connectivity index is 0.00000553. The van der Waals surface area contributed by atoms with Gasteiger partial charge in [0, 0.05) is 37.9 Å². The van der Waals surface area contributed by atoms with Crippen molar-refractivity contribution in [3.63, 3.8) is 0 Å². The summed E-state index contributed by atoms with van der Waals surface area (Å²) in [4.78, 5) is 15.8. The maximum atomic E-state index is 11.7. The average molecular weight is 1100 g/mol. The predicted octanol–water partition coefficient (Wildman–Crippen LogP) is 11.0. The van der Waals surface area contributed by atoms with Crippen LogP contribution in [0.15, 0.2) is 194 Å². The monoisotopic (exact) mass is 1090 g/mol. The Morgan fingerprint density at radius 2 is 1.20 bits per heavy atom. The Hall–Kier alpha value is -7.05. The van der Waals surface area contributed by atoms with Crippen molar-refractivity contribution in [1.29, 1.82) is 0 Å². The first-order valence-electron chi connectivity index (χ1n) is 23.6. The van der Waals surface area contributed by atoms with Gasteiger partial charge in [0.25, 0.3) is 5.65 Å². The van der Waals surface area contributed by atoms with Crippen molar-refractivity contribution in [2.75, 3.05) is 0 Å². The zero-order chi connectivity index (χ0) is 46.7. The number of phenolic OH excluding ortho intramolecular Hbond substituents is 1. The molecular formula is C61H53N5OPtSi. The van der Waals surface area contributed by atoms with Crippen LogP contribution in [0.3, 0.4) is 0 Å². The van der Waals surface area contributed by atoms with Gasteiger partial charge in [0.15, 0.2) is 13.6 Å². The number of fused-ring (bicyclic) bond motifs is 2. The van der Waals surface area contributed by atoms with E-state index >= 15 is 0 Å². The summed E-state index contributed by atoms with van der Waals surface area (Å²) in [6.45, 7) is 13.6. The molecule has 7 aromatic carbocycles. The SMILES string of the molecule is CC(C)c1cc(-c2ccccc2)cc2c1-n1c(-c3[c-]c(-c4cccc(-c5cc([Si](c6ccccc6)(c6ccccc6)c6ccccc6)ccc5O)n4)ccc3)nc3cnc(C(C)(C)C)[n+](c31)C2C.[Pt]. The van der Waals surface area contributed by atoms with E-state index in [-0.39, 0.29) is 44.2 Å². The van der Waals surface area contributed by atoms with Crippen LogP contribution in [0.25, 0.3) is 61.9 Å². The van der Waals surface area contributed by atoms with Gasteiger partial charge in [-0.1, -0.05) is 185 Å². The van der Waals surface area contributed by atoms with Crippen LogP contribution in [-0.4, -0.2) is 32.7 Å². The summed E-state index contributed by atoms with van der Waals surface area (Å²) >= 11 is 0. The molecule has 3 aromatic heterocycles. The summed E-state index contributed by atoms with van der Waals surface area (Å²) in [6, 6.07) is 70.1. The molecule has 8 heteroatoms. The second-order valence-corrected chi connectivity index (χ2v) is 23.2. The number of nitrogens with zero attached hydrogens (tertiary/aromatic N) is 5. The summed E-state index contributed by atoms with van der Waals surface area (Å²) in [5.41, 5.74) is 11.5. The molecule has 0 bridgehead atoms. The van der Waals surface area contributed by atoms with Gasteiger partial charge in [-0.2, -0.15) is 0 Å². The van der Waals surface area contributed by atoms with Crippen molar-refractivity contribution in [3.05, 3.63) is 217 Å². The first kappa shape index (κ1) is 45.7. The van der Waals surface area contributed by atoms with E-state index in [1.165, 1.54) is 43.5 Å². The largest absolute Gasteiger partial charge is 0.507 e. The van der Waals surface area contributed by atoms with Crippen LogP contribution in [0.4, 0.5) is 0 Å². The van der Waals surface area contributed by atoms with Gasteiger partial charge < -0.3 is 5.11 Å². The van der Waals surface area contributed by atoms with E-state index in [4.69, 9.17) is 15.0 Å². The maximum absolute atomic E-state index is 11.7. The second-order valence-electron chi connectivity index (χ2n) is 19.3. The third-order valence-corrected chi connectivity index (χ3v) is 18.4. The molecule has 342 valence electrons. The number of phenols is 1. The summed E-state index contributed by atoms with van der Waals surface area (Å²) in [7, 11) is -2.87. The van der Waals surface area contributed by atoms with Gasteiger partial charge in [-0.05, 0) is 80.6 Å². The third-order valence-electron chi connectivity index (χ3n) is 13.7. The first-order valence-corrected chi connectivity index (χ1v) is 25.6. The molecule has 0 saturated heterocycles. The molecule has 1 aliphatic rings. The predicted molar refractivity (Wildman–Crippen MR) is 279 cm³/mol. The fourth-order valence-corrected chi connectivity index (χ4v) is 15.3. The zero-order valence-electron chi connectivity index (χ0n) is 39.6. The van der Waals surface area contributed by atoms with Gasteiger partial charge >= 0.3 is 0 Å². The minimum absolute atomic E-state index is 0. The van der Waals surface area contributed by atoms with Crippen molar-refractivity contribution in [1.82, 2.24) is 19.5 Å². The third kappa shape index (κ3) is 7.78. The van der Waals surface area contributed by atoms with Gasteiger partial charge in [-0.15, -0.1) is 29.2 Å². The molecule has 1 unspecified atom stereocenters. The van der Waals surface area contributed by atoms with Gasteiger partial charge in [0.05, 0.1) is 11.1 Å². The van der Waals surface area contributed by atoms with Crippen LogP contribution in [-0.2, 0) is 26.5 Å². The Morgan fingerprint density at radius 1 is 0.623 bits per heavy atom. The molecule has 11 rings (SSSR count). The molecule has 0 aliphatic carbocycles. The van der Waals surface area contributed by atoms with Crippen LogP contribution in [0, 0.1) is 6.07 Å². The van der Waals surface area contributed by atoms with E-state index in [0.29, 0.717) is 11.3 Å². The van der Waals surface area contributed by atoms with Crippen molar-refractivity contribution < 1.29 is 30.7 Å². The number of hydrogen-bond donors (Lipinski definition) is 1. The maximum Gasteiger partial charge on any atom is 0.257 e. The van der Waals surface area contributed by atoms with E-state index in [9.17, 15) is 5.11 Å². The van der Waals surface area contributed by atoms with Crippen LogP contribution in [0.2, 0.25) is 0 Å². The van der Waals surface area contributed by atoms with E-state index < -0.39 is 8.07 Å². The molecule has 10 aromatic rings. The van der Waals surface area contributed by atoms with E-state index in [1.54, 1.807) is 0 Å². The standard InChI is InChI=1S/C61H53N5OSi.Pt/c1-40(2)50-36-45(42-21-11-7-12-22-42)37-51-41(3)65-59-55(39-62-60(65)61(4,5)6)64-58(66(59)57(50)51)44-24-19-23-43(35-44)53-31-20-32-54(63-53)52-38-49(33-34-56(52)67)68(46-25-13-8-14-26-46,47-27-15-9-16-28-47)48-29-17-10-18-30-48;/h7-34,36-41,67H,1-6H3;. The van der Waals surface area contributed by atoms with Gasteiger partial charge in [-0.25, -0.2) is 14.1 Å².